The maximum atomic E-state index is 13.1. The van der Waals surface area contributed by atoms with Crippen LogP contribution in [-0.4, -0.2) is 0 Å². The van der Waals surface area contributed by atoms with E-state index in [2.05, 4.69) is 65.8 Å². The van der Waals surface area contributed by atoms with Gasteiger partial charge < -0.3 is 0 Å². The van der Waals surface area contributed by atoms with Gasteiger partial charge in [0.2, 0.25) is 0 Å². The highest BCUT2D eigenvalue weighted by Crippen LogP contribution is 2.25. The Labute approximate surface area is 358 Å². The zero-order chi connectivity index (χ0) is 43.0. The lowest BCUT2D eigenvalue weighted by Gasteiger charge is -2.10. The SMILES string of the molecule is C.CC(C)c1ccc(F)c(Cl)c1.Cc1cc(C(C)C)ccc1Cl.Cc1cc(C(C)C)ccc1Cl.Cc1cc(C(C)C)ccc1F.Cc1cc(F)cc(F)c1C(C)C. The van der Waals surface area contributed by atoms with Crippen LogP contribution in [0.2, 0.25) is 15.1 Å². The fourth-order valence-corrected chi connectivity index (χ4v) is 5.82. The monoisotopic (exact) mass is 846 g/mol. The number of hydrogen-bond acceptors (Lipinski definition) is 0. The molecule has 0 fully saturated rings. The average Bonchev–Trinajstić information content (AvgIpc) is 3.10. The summed E-state index contributed by atoms with van der Waals surface area (Å²) < 4.78 is 51.1. The summed E-state index contributed by atoms with van der Waals surface area (Å²) in [5, 5.41) is 1.92. The van der Waals surface area contributed by atoms with Gasteiger partial charge in [0.05, 0.1) is 5.02 Å². The first kappa shape index (κ1) is 53.7. The average molecular weight is 848 g/mol. The van der Waals surface area contributed by atoms with Crippen molar-refractivity contribution in [3.63, 3.8) is 0 Å². The van der Waals surface area contributed by atoms with Gasteiger partial charge in [-0.1, -0.05) is 154 Å². The third kappa shape index (κ3) is 18.9. The fraction of sp³-hybridized carbons (Fsp3) is 0.400. The van der Waals surface area contributed by atoms with Gasteiger partial charge in [-0.25, -0.2) is 17.6 Å². The van der Waals surface area contributed by atoms with Crippen LogP contribution >= 0.6 is 34.8 Å². The van der Waals surface area contributed by atoms with Crippen LogP contribution in [0.5, 0.6) is 0 Å². The van der Waals surface area contributed by atoms with Gasteiger partial charge in [0, 0.05) is 16.1 Å². The van der Waals surface area contributed by atoms with Crippen LogP contribution in [0.3, 0.4) is 0 Å². The fourth-order valence-electron chi connectivity index (χ4n) is 5.40. The minimum absolute atomic E-state index is 0. The molecule has 0 nitrogen and oxygen atoms in total. The second kappa shape index (κ2) is 25.9. The standard InChI is InChI=1S/2C10H13Cl.C10H12F2.C10H13F.C9H10ClF.CH4/c2*1-7(2)9-4-5-10(11)8(3)6-9;1-6(2)10-7(3)4-8(11)5-9(10)12;1-7(2)9-4-5-10(11)8(3)6-9;1-6(2)7-3-4-9(11)8(10)5-7;/h2*4-7H,1-3H3;4-6H,1-3H3;4-7H,1-3H3;3-6H,1-2H3;1H4. The molecule has 0 spiro atoms. The maximum absolute atomic E-state index is 13.1. The van der Waals surface area contributed by atoms with E-state index in [1.807, 2.05) is 65.8 Å². The van der Waals surface area contributed by atoms with E-state index in [0.717, 1.165) is 38.4 Å². The van der Waals surface area contributed by atoms with Crippen LogP contribution in [0, 0.1) is 51.0 Å². The first-order chi connectivity index (χ1) is 26.0. The van der Waals surface area contributed by atoms with E-state index < -0.39 is 11.6 Å². The zero-order valence-corrected chi connectivity index (χ0v) is 37.9. The quantitative estimate of drug-likeness (QED) is 0.155. The van der Waals surface area contributed by atoms with Crippen molar-refractivity contribution in [1.29, 1.82) is 0 Å². The van der Waals surface area contributed by atoms with Crippen molar-refractivity contribution in [3.8, 4) is 0 Å². The molecule has 7 heteroatoms. The molecule has 57 heavy (non-hydrogen) atoms. The predicted molar refractivity (Wildman–Crippen MR) is 243 cm³/mol. The summed E-state index contributed by atoms with van der Waals surface area (Å²) in [7, 11) is 0. The molecule has 0 saturated heterocycles. The Morgan fingerprint density at radius 3 is 1.02 bits per heavy atom. The Morgan fingerprint density at radius 1 is 0.351 bits per heavy atom. The summed E-state index contributed by atoms with van der Waals surface area (Å²) in [5.41, 5.74) is 9.32. The molecule has 0 bridgehead atoms. The Balaban J connectivity index is 0.000000685. The van der Waals surface area contributed by atoms with Crippen LogP contribution in [0.25, 0.3) is 0 Å². The Morgan fingerprint density at radius 2 is 0.702 bits per heavy atom. The van der Waals surface area contributed by atoms with E-state index >= 15 is 0 Å². The van der Waals surface area contributed by atoms with Crippen molar-refractivity contribution in [2.75, 3.05) is 0 Å². The van der Waals surface area contributed by atoms with Crippen molar-refractivity contribution in [2.45, 2.75) is 134 Å². The summed E-state index contributed by atoms with van der Waals surface area (Å²) in [4.78, 5) is 0. The molecule has 5 rings (SSSR count). The number of halogens is 7. The summed E-state index contributed by atoms with van der Waals surface area (Å²) in [6.07, 6.45) is 0. The zero-order valence-electron chi connectivity index (χ0n) is 35.6. The molecule has 0 aliphatic carbocycles. The van der Waals surface area contributed by atoms with Gasteiger partial charge in [0.15, 0.2) is 0 Å². The predicted octanol–water partition coefficient (Wildman–Crippen LogP) is 18.4. The van der Waals surface area contributed by atoms with E-state index in [1.54, 1.807) is 26.0 Å². The molecule has 0 amide bonds. The van der Waals surface area contributed by atoms with Gasteiger partial charge in [-0.2, -0.15) is 0 Å². The van der Waals surface area contributed by atoms with Crippen LogP contribution in [-0.2, 0) is 0 Å². The number of aryl methyl sites for hydroxylation is 4. The lowest BCUT2D eigenvalue weighted by molar-refractivity contribution is 0.562. The lowest BCUT2D eigenvalue weighted by Crippen LogP contribution is -1.97. The minimum atomic E-state index is -0.505. The minimum Gasteiger partial charge on any atom is -0.207 e. The number of rotatable bonds is 5. The summed E-state index contributed by atoms with van der Waals surface area (Å²) in [6.45, 7) is 28.4. The lowest BCUT2D eigenvalue weighted by atomic mass is 9.97. The van der Waals surface area contributed by atoms with E-state index in [0.29, 0.717) is 34.8 Å². The Bertz CT molecular complexity index is 1720. The third-order valence-corrected chi connectivity index (χ3v) is 10.2. The molecule has 0 radical (unpaired) electrons. The molecule has 0 N–H and O–H groups in total. The Hall–Kier alpha value is -3.31. The van der Waals surface area contributed by atoms with Crippen LogP contribution in [0.15, 0.2) is 84.9 Å². The summed E-state index contributed by atoms with van der Waals surface area (Å²) in [5.74, 6) is 0.743. The Kier molecular flexibility index (Phi) is 24.4. The van der Waals surface area contributed by atoms with Crippen LogP contribution < -0.4 is 0 Å². The van der Waals surface area contributed by atoms with E-state index in [4.69, 9.17) is 34.8 Å². The van der Waals surface area contributed by atoms with Crippen molar-refractivity contribution < 1.29 is 17.6 Å². The molecule has 0 aromatic heterocycles. The van der Waals surface area contributed by atoms with Crippen LogP contribution in [0.4, 0.5) is 17.6 Å². The normalized spacial score (nSPS) is 10.5. The topological polar surface area (TPSA) is 0 Å². The van der Waals surface area contributed by atoms with E-state index in [1.165, 1.54) is 34.9 Å². The molecule has 5 aromatic rings. The third-order valence-electron chi connectivity index (χ3n) is 9.03. The number of hydrogen-bond donors (Lipinski definition) is 0. The van der Waals surface area contributed by atoms with Crippen molar-refractivity contribution in [2.24, 2.45) is 0 Å². The van der Waals surface area contributed by atoms with Gasteiger partial charge in [-0.05, 0) is 144 Å². The second-order valence-electron chi connectivity index (χ2n) is 15.6. The van der Waals surface area contributed by atoms with Gasteiger partial charge in [-0.15, -0.1) is 0 Å². The van der Waals surface area contributed by atoms with Crippen molar-refractivity contribution in [1.82, 2.24) is 0 Å². The smallest absolute Gasteiger partial charge is 0.141 e. The van der Waals surface area contributed by atoms with E-state index in [-0.39, 0.29) is 30.0 Å². The molecule has 314 valence electrons. The largest absolute Gasteiger partial charge is 0.207 e. The molecule has 0 saturated carbocycles. The highest BCUT2D eigenvalue weighted by Gasteiger charge is 2.11. The van der Waals surface area contributed by atoms with Gasteiger partial charge in [-0.3, -0.25) is 0 Å². The second-order valence-corrected chi connectivity index (χ2v) is 16.8. The molecular formula is C50H65Cl3F4. The first-order valence-electron chi connectivity index (χ1n) is 19.1. The molecule has 0 aliphatic heterocycles. The first-order valence-corrected chi connectivity index (χ1v) is 20.3. The van der Waals surface area contributed by atoms with Crippen LogP contribution in [0.1, 0.15) is 156 Å². The molecular weight excluding hydrogens is 783 g/mol. The van der Waals surface area contributed by atoms with E-state index in [9.17, 15) is 17.6 Å². The highest BCUT2D eigenvalue weighted by molar-refractivity contribution is 6.31. The molecule has 0 aliphatic rings. The highest BCUT2D eigenvalue weighted by atomic mass is 35.5. The van der Waals surface area contributed by atoms with Crippen molar-refractivity contribution >= 4 is 34.8 Å². The van der Waals surface area contributed by atoms with Crippen molar-refractivity contribution in [3.05, 3.63) is 173 Å². The molecule has 0 atom stereocenters. The maximum Gasteiger partial charge on any atom is 0.141 e. The molecule has 5 aromatic carbocycles. The molecule has 0 heterocycles. The van der Waals surface area contributed by atoms with Gasteiger partial charge in [0.25, 0.3) is 0 Å². The molecule has 0 unspecified atom stereocenters. The van der Waals surface area contributed by atoms with Gasteiger partial charge in [0.1, 0.15) is 23.3 Å². The summed E-state index contributed by atoms with van der Waals surface area (Å²) >= 11 is 17.4. The summed E-state index contributed by atoms with van der Waals surface area (Å²) in [6, 6.07) is 24.8. The number of benzene rings is 5. The van der Waals surface area contributed by atoms with Gasteiger partial charge >= 0.3 is 0 Å².